The second-order valence-electron chi connectivity index (χ2n) is 8.57. The van der Waals surface area contributed by atoms with Crippen LogP contribution in [0, 0.1) is 5.92 Å². The number of amides is 2. The zero-order valence-electron chi connectivity index (χ0n) is 17.1. The zero-order valence-corrected chi connectivity index (χ0v) is 18.0. The fourth-order valence-electron chi connectivity index (χ4n) is 4.78. The summed E-state index contributed by atoms with van der Waals surface area (Å²) in [5.41, 5.74) is 5.87. The lowest BCUT2D eigenvalue weighted by Gasteiger charge is -2.15. The number of carbonyl (C=O) groups is 1. The normalized spacial score (nSPS) is 21.6. The van der Waals surface area contributed by atoms with Crippen molar-refractivity contribution in [2.75, 3.05) is 11.9 Å². The molecule has 9 heteroatoms. The van der Waals surface area contributed by atoms with Crippen LogP contribution in [0.2, 0.25) is 0 Å². The highest BCUT2D eigenvalue weighted by molar-refractivity contribution is 7.91. The van der Waals surface area contributed by atoms with E-state index in [2.05, 4.69) is 27.8 Å². The maximum Gasteiger partial charge on any atom is 0.354 e. The molecule has 2 heterocycles. The number of nitrogens with two attached hydrogens (primary N) is 1. The molecule has 5 rings (SSSR count). The van der Waals surface area contributed by atoms with Crippen LogP contribution in [0.4, 0.5) is 10.5 Å². The quantitative estimate of drug-likeness (QED) is 0.763. The van der Waals surface area contributed by atoms with E-state index in [0.717, 1.165) is 50.6 Å². The van der Waals surface area contributed by atoms with Crippen LogP contribution in [0.25, 0.3) is 0 Å². The van der Waals surface area contributed by atoms with Crippen molar-refractivity contribution in [1.82, 2.24) is 9.78 Å². The molecule has 2 atom stereocenters. The summed E-state index contributed by atoms with van der Waals surface area (Å²) in [6.45, 7) is 3.23. The van der Waals surface area contributed by atoms with E-state index in [4.69, 9.17) is 9.88 Å². The Morgan fingerprint density at radius 3 is 2.67 bits per heavy atom. The molecule has 2 amide bonds. The summed E-state index contributed by atoms with van der Waals surface area (Å²) in [7, 11) is -3.48. The van der Waals surface area contributed by atoms with Gasteiger partial charge in [-0.3, -0.25) is 0 Å². The number of carbonyl (C=O) groups excluding carboxylic acids is 1. The fourth-order valence-corrected chi connectivity index (χ4v) is 5.78. The summed E-state index contributed by atoms with van der Waals surface area (Å²) < 4.78 is 24.5. The van der Waals surface area contributed by atoms with Gasteiger partial charge < -0.3 is 10.1 Å². The highest BCUT2D eigenvalue weighted by atomic mass is 32.2. The van der Waals surface area contributed by atoms with Crippen LogP contribution in [0.3, 0.4) is 0 Å². The van der Waals surface area contributed by atoms with Crippen LogP contribution in [-0.2, 0) is 42.1 Å². The number of nitrogens with zero attached hydrogens (tertiary/aromatic N) is 3. The summed E-state index contributed by atoms with van der Waals surface area (Å²) >= 11 is 0. The molecule has 3 N–H and O–H groups in total. The first-order valence-corrected chi connectivity index (χ1v) is 12.2. The highest BCUT2D eigenvalue weighted by Crippen LogP contribution is 2.38. The Labute approximate surface area is 176 Å². The highest BCUT2D eigenvalue weighted by Gasteiger charge is 2.27. The van der Waals surface area contributed by atoms with Gasteiger partial charge in [-0.05, 0) is 73.1 Å². The molecule has 160 valence electrons. The summed E-state index contributed by atoms with van der Waals surface area (Å²) in [5.74, 6) is 0.709. The van der Waals surface area contributed by atoms with Crippen molar-refractivity contribution >= 4 is 21.6 Å². The lowest BCUT2D eigenvalue weighted by molar-refractivity contribution is 0.254. The maximum absolute atomic E-state index is 13.2. The van der Waals surface area contributed by atoms with E-state index in [-0.39, 0.29) is 4.90 Å². The number of aromatic nitrogens is 2. The first-order chi connectivity index (χ1) is 14.4. The Bertz CT molecular complexity index is 1110. The fraction of sp³-hybridized carbons (Fsp3) is 0.524. The molecule has 1 aliphatic heterocycles. The summed E-state index contributed by atoms with van der Waals surface area (Å²) in [5, 5.41) is 13.2. The number of urea groups is 1. The lowest BCUT2D eigenvalue weighted by Crippen LogP contribution is -2.19. The number of hydrogen-bond acceptors (Lipinski definition) is 4. The van der Waals surface area contributed by atoms with Crippen molar-refractivity contribution in [2.24, 2.45) is 15.4 Å². The van der Waals surface area contributed by atoms with Crippen LogP contribution in [0.5, 0.6) is 5.88 Å². The molecule has 0 spiro atoms. The van der Waals surface area contributed by atoms with Crippen molar-refractivity contribution in [1.29, 1.82) is 0 Å². The van der Waals surface area contributed by atoms with Gasteiger partial charge in [0.2, 0.25) is 5.88 Å². The number of nitrogens with one attached hydrogen (secondary N) is 1. The number of fused-ring (bicyclic) bond motifs is 3. The molecule has 0 unspecified atom stereocenters. The number of aryl methyl sites for hydroxylation is 3. The minimum absolute atomic E-state index is 0.176. The molecule has 2 aromatic rings. The van der Waals surface area contributed by atoms with Crippen LogP contribution >= 0.6 is 0 Å². The Morgan fingerprint density at radius 1 is 1.27 bits per heavy atom. The Balaban J connectivity index is 1.46. The van der Waals surface area contributed by atoms with Crippen molar-refractivity contribution in [3.63, 3.8) is 0 Å². The molecule has 0 bridgehead atoms. The van der Waals surface area contributed by atoms with E-state index >= 15 is 0 Å². The largest absolute Gasteiger partial charge is 0.477 e. The molecule has 0 saturated heterocycles. The number of benzene rings is 1. The predicted octanol–water partition coefficient (Wildman–Crippen LogP) is 3.21. The number of hydrogen-bond donors (Lipinski definition) is 2. The van der Waals surface area contributed by atoms with Gasteiger partial charge in [0.25, 0.3) is 0 Å². The van der Waals surface area contributed by atoms with E-state index in [1.165, 1.54) is 28.5 Å². The second kappa shape index (κ2) is 7.39. The summed E-state index contributed by atoms with van der Waals surface area (Å²) in [6, 6.07) is 1.61. The van der Waals surface area contributed by atoms with E-state index in [1.54, 1.807) is 4.68 Å². The van der Waals surface area contributed by atoms with Crippen LogP contribution < -0.4 is 15.2 Å². The topological polar surface area (TPSA) is 112 Å². The molecule has 3 aliphatic rings. The maximum atomic E-state index is 13.2. The van der Waals surface area contributed by atoms with Crippen LogP contribution in [0.15, 0.2) is 21.5 Å². The zero-order chi connectivity index (χ0) is 20.9. The Kier molecular flexibility index (Phi) is 4.82. The molecule has 0 radical (unpaired) electrons. The molecule has 0 saturated carbocycles. The summed E-state index contributed by atoms with van der Waals surface area (Å²) in [4.78, 5) is 13.0. The van der Waals surface area contributed by atoms with E-state index in [1.807, 2.05) is 0 Å². The molecule has 1 aromatic carbocycles. The Hall–Kier alpha value is -2.39. The van der Waals surface area contributed by atoms with Gasteiger partial charge in [-0.15, -0.1) is 4.36 Å². The third-order valence-corrected chi connectivity index (χ3v) is 7.68. The lowest BCUT2D eigenvalue weighted by atomic mass is 9.99. The van der Waals surface area contributed by atoms with E-state index in [9.17, 15) is 9.00 Å². The van der Waals surface area contributed by atoms with Crippen molar-refractivity contribution in [3.8, 4) is 5.88 Å². The van der Waals surface area contributed by atoms with Crippen molar-refractivity contribution in [3.05, 3.63) is 34.5 Å². The molecule has 8 nitrogen and oxygen atoms in total. The van der Waals surface area contributed by atoms with Gasteiger partial charge in [0.15, 0.2) is 9.92 Å². The molecule has 2 aliphatic carbocycles. The van der Waals surface area contributed by atoms with Crippen molar-refractivity contribution in [2.45, 2.75) is 63.3 Å². The van der Waals surface area contributed by atoms with Gasteiger partial charge in [0.05, 0.1) is 12.8 Å². The predicted molar refractivity (Wildman–Crippen MR) is 114 cm³/mol. The smallest absolute Gasteiger partial charge is 0.354 e. The minimum Gasteiger partial charge on any atom is -0.477 e. The molecule has 30 heavy (non-hydrogen) atoms. The van der Waals surface area contributed by atoms with E-state index < -0.39 is 15.9 Å². The Morgan fingerprint density at radius 2 is 1.97 bits per heavy atom. The average molecular weight is 430 g/mol. The molecule has 1 aromatic heterocycles. The molecular weight excluding hydrogens is 402 g/mol. The monoisotopic (exact) mass is 429 g/mol. The van der Waals surface area contributed by atoms with Gasteiger partial charge in [-0.1, -0.05) is 13.0 Å². The third-order valence-electron chi connectivity index (χ3n) is 6.34. The molecular formula is C21H27N5O3S. The first kappa shape index (κ1) is 19.6. The third kappa shape index (κ3) is 3.39. The number of rotatable bonds is 2. The van der Waals surface area contributed by atoms with Gasteiger partial charge in [0, 0.05) is 12.2 Å². The van der Waals surface area contributed by atoms with Crippen LogP contribution in [-0.4, -0.2) is 26.6 Å². The second-order valence-corrected chi connectivity index (χ2v) is 10.3. The van der Waals surface area contributed by atoms with Crippen molar-refractivity contribution < 1.29 is 13.7 Å². The van der Waals surface area contributed by atoms with E-state index in [0.29, 0.717) is 24.9 Å². The minimum atomic E-state index is -3.48. The van der Waals surface area contributed by atoms with Gasteiger partial charge >= 0.3 is 6.03 Å². The van der Waals surface area contributed by atoms with Gasteiger partial charge in [0.1, 0.15) is 4.90 Å². The number of anilines is 1. The van der Waals surface area contributed by atoms with Gasteiger partial charge in [-0.2, -0.15) is 5.10 Å². The van der Waals surface area contributed by atoms with Gasteiger partial charge in [-0.25, -0.2) is 18.8 Å². The SMILES string of the molecule is C[C@H]1CCn2ncc([S@@](N)(=O)=NC(=O)Nc3c4c(cc5c3CCC5)CCC4)c2OC1. The first-order valence-electron chi connectivity index (χ1n) is 10.6. The molecule has 0 fully saturated rings. The van der Waals surface area contributed by atoms with Crippen LogP contribution in [0.1, 0.15) is 48.4 Å². The summed E-state index contributed by atoms with van der Waals surface area (Å²) in [6.07, 6.45) is 8.44. The standard InChI is InChI=1S/C21H27N5O3S/c1-13-8-9-26-20(29-12-13)18(11-23-26)30(22,28)25-21(27)24-19-16-6-2-4-14(16)10-15-5-3-7-17(15)19/h10-11,13H,2-9,12H2,1H3,(H3,22,24,25,27,28)/t13-,30-/m0/s1. The number of ether oxygens (including phenoxy) is 1. The average Bonchev–Trinajstić information content (AvgIpc) is 3.41.